The molecule has 0 aliphatic rings. The monoisotopic (exact) mass is 186 g/mol. The summed E-state index contributed by atoms with van der Waals surface area (Å²) in [5.74, 6) is 0.886. The summed E-state index contributed by atoms with van der Waals surface area (Å²) in [7, 11) is 1.73. The Morgan fingerprint density at radius 3 is 3.00 bits per heavy atom. The fourth-order valence-electron chi connectivity index (χ4n) is 1.39. The molecular weight excluding hydrogens is 176 g/mol. The lowest BCUT2D eigenvalue weighted by Gasteiger charge is -2.07. The highest BCUT2D eigenvalue weighted by atomic mass is 15.1. The molecule has 0 spiro atoms. The molecule has 4 nitrogen and oxygen atoms in total. The van der Waals surface area contributed by atoms with Gasteiger partial charge in [-0.1, -0.05) is 0 Å². The van der Waals surface area contributed by atoms with E-state index in [0.29, 0.717) is 0 Å². The molecule has 0 bridgehead atoms. The lowest BCUT2D eigenvalue weighted by atomic mass is 10.2. The standard InChI is InChI=1S/C10H10N4/c1-7-12-9-4-3-8(14(2)6-11)5-10(9)13-7/h3-5H,1-2H3,(H,12,13). The number of hydrogen-bond donors (Lipinski definition) is 1. The van der Waals surface area contributed by atoms with Gasteiger partial charge in [0.1, 0.15) is 5.82 Å². The number of rotatable bonds is 1. The Morgan fingerprint density at radius 1 is 1.50 bits per heavy atom. The molecule has 70 valence electrons. The van der Waals surface area contributed by atoms with Crippen LogP contribution >= 0.6 is 0 Å². The summed E-state index contributed by atoms with van der Waals surface area (Å²) in [5.41, 5.74) is 2.75. The number of anilines is 1. The van der Waals surface area contributed by atoms with Crippen LogP contribution in [0.1, 0.15) is 5.82 Å². The number of fused-ring (bicyclic) bond motifs is 1. The first-order chi connectivity index (χ1) is 6.70. The Balaban J connectivity index is 2.57. The van der Waals surface area contributed by atoms with Crippen LogP contribution in [0.25, 0.3) is 11.0 Å². The van der Waals surface area contributed by atoms with Crippen molar-refractivity contribution in [2.45, 2.75) is 6.92 Å². The molecule has 0 aliphatic heterocycles. The zero-order valence-corrected chi connectivity index (χ0v) is 8.07. The van der Waals surface area contributed by atoms with Crippen LogP contribution < -0.4 is 4.90 Å². The molecule has 1 heterocycles. The van der Waals surface area contributed by atoms with E-state index < -0.39 is 0 Å². The van der Waals surface area contributed by atoms with Gasteiger partial charge in [-0.25, -0.2) is 4.98 Å². The van der Waals surface area contributed by atoms with Crippen molar-refractivity contribution in [3.63, 3.8) is 0 Å². The highest BCUT2D eigenvalue weighted by molar-refractivity contribution is 5.79. The molecule has 0 saturated carbocycles. The Hall–Kier alpha value is -2.02. The molecule has 1 aromatic heterocycles. The van der Waals surface area contributed by atoms with Crippen LogP contribution in [0.5, 0.6) is 0 Å². The Labute approximate surface area is 81.8 Å². The minimum Gasteiger partial charge on any atom is -0.342 e. The fraction of sp³-hybridized carbons (Fsp3) is 0.200. The maximum absolute atomic E-state index is 8.72. The van der Waals surface area contributed by atoms with Crippen molar-refractivity contribution in [2.75, 3.05) is 11.9 Å². The predicted molar refractivity (Wildman–Crippen MR) is 54.8 cm³/mol. The number of aryl methyl sites for hydroxylation is 1. The average Bonchev–Trinajstić information content (AvgIpc) is 2.55. The number of nitrogens with one attached hydrogen (secondary N) is 1. The van der Waals surface area contributed by atoms with E-state index in [-0.39, 0.29) is 0 Å². The third kappa shape index (κ3) is 1.29. The van der Waals surface area contributed by atoms with E-state index in [1.807, 2.05) is 25.1 Å². The van der Waals surface area contributed by atoms with Gasteiger partial charge in [-0.15, -0.1) is 0 Å². The molecule has 0 fully saturated rings. The summed E-state index contributed by atoms with van der Waals surface area (Å²) < 4.78 is 0. The third-order valence-electron chi connectivity index (χ3n) is 2.12. The minimum atomic E-state index is 0.864. The molecular formula is C10H10N4. The van der Waals surface area contributed by atoms with Gasteiger partial charge in [0.05, 0.1) is 16.7 Å². The number of nitriles is 1. The van der Waals surface area contributed by atoms with Gasteiger partial charge in [0.2, 0.25) is 0 Å². The van der Waals surface area contributed by atoms with Gasteiger partial charge in [0, 0.05) is 7.05 Å². The number of imidazole rings is 1. The molecule has 0 atom stereocenters. The largest absolute Gasteiger partial charge is 0.342 e. The first-order valence-corrected chi connectivity index (χ1v) is 4.30. The lowest BCUT2D eigenvalue weighted by Crippen LogP contribution is -2.07. The van der Waals surface area contributed by atoms with Gasteiger partial charge >= 0.3 is 0 Å². The first-order valence-electron chi connectivity index (χ1n) is 4.30. The SMILES string of the molecule is Cc1nc2ccc(N(C)C#N)cc2[nH]1. The van der Waals surface area contributed by atoms with Crippen LogP contribution in [-0.2, 0) is 0 Å². The Morgan fingerprint density at radius 2 is 2.29 bits per heavy atom. The van der Waals surface area contributed by atoms with Crippen molar-refractivity contribution in [1.29, 1.82) is 5.26 Å². The summed E-state index contributed by atoms with van der Waals surface area (Å²) in [6.45, 7) is 1.91. The molecule has 4 heteroatoms. The summed E-state index contributed by atoms with van der Waals surface area (Å²) in [6.07, 6.45) is 2.05. The quantitative estimate of drug-likeness (QED) is 0.545. The average molecular weight is 186 g/mol. The number of benzene rings is 1. The van der Waals surface area contributed by atoms with E-state index in [1.54, 1.807) is 7.05 Å². The zero-order valence-electron chi connectivity index (χ0n) is 8.07. The highest BCUT2D eigenvalue weighted by Gasteiger charge is 2.03. The van der Waals surface area contributed by atoms with E-state index in [2.05, 4.69) is 16.2 Å². The number of H-pyrrole nitrogens is 1. The fourth-order valence-corrected chi connectivity index (χ4v) is 1.39. The van der Waals surface area contributed by atoms with Crippen LogP contribution in [0.3, 0.4) is 0 Å². The van der Waals surface area contributed by atoms with Crippen molar-refractivity contribution < 1.29 is 0 Å². The first kappa shape index (κ1) is 8.57. The smallest absolute Gasteiger partial charge is 0.183 e. The van der Waals surface area contributed by atoms with Crippen molar-refractivity contribution in [3.05, 3.63) is 24.0 Å². The number of nitrogens with zero attached hydrogens (tertiary/aromatic N) is 3. The molecule has 0 aliphatic carbocycles. The molecule has 14 heavy (non-hydrogen) atoms. The van der Waals surface area contributed by atoms with Crippen LogP contribution in [-0.4, -0.2) is 17.0 Å². The summed E-state index contributed by atoms with van der Waals surface area (Å²) in [5, 5.41) is 8.72. The van der Waals surface area contributed by atoms with Crippen LogP contribution in [0.15, 0.2) is 18.2 Å². The number of aromatic amines is 1. The van der Waals surface area contributed by atoms with E-state index in [0.717, 1.165) is 22.5 Å². The maximum Gasteiger partial charge on any atom is 0.183 e. The minimum absolute atomic E-state index is 0.864. The van der Waals surface area contributed by atoms with Gasteiger partial charge in [-0.05, 0) is 25.1 Å². The second-order valence-electron chi connectivity index (χ2n) is 3.18. The van der Waals surface area contributed by atoms with Crippen LogP contribution in [0, 0.1) is 18.4 Å². The Bertz CT molecular complexity index is 506. The zero-order chi connectivity index (χ0) is 10.1. The van der Waals surface area contributed by atoms with Gasteiger partial charge in [-0.3, -0.25) is 4.90 Å². The third-order valence-corrected chi connectivity index (χ3v) is 2.12. The molecule has 0 radical (unpaired) electrons. The van der Waals surface area contributed by atoms with Gasteiger partial charge in [0.15, 0.2) is 6.19 Å². The molecule has 1 aromatic carbocycles. The molecule has 2 aromatic rings. The van der Waals surface area contributed by atoms with E-state index in [4.69, 9.17) is 5.26 Å². The van der Waals surface area contributed by atoms with Crippen molar-refractivity contribution >= 4 is 16.7 Å². The van der Waals surface area contributed by atoms with Crippen LogP contribution in [0.2, 0.25) is 0 Å². The highest BCUT2D eigenvalue weighted by Crippen LogP contribution is 2.19. The van der Waals surface area contributed by atoms with Crippen LogP contribution in [0.4, 0.5) is 5.69 Å². The maximum atomic E-state index is 8.72. The van der Waals surface area contributed by atoms with Gasteiger partial charge in [0.25, 0.3) is 0 Å². The molecule has 0 unspecified atom stereocenters. The summed E-state index contributed by atoms with van der Waals surface area (Å²) in [6, 6.07) is 5.70. The second kappa shape index (κ2) is 3.04. The van der Waals surface area contributed by atoms with Crippen molar-refractivity contribution in [1.82, 2.24) is 9.97 Å². The molecule has 0 saturated heterocycles. The molecule has 2 rings (SSSR count). The van der Waals surface area contributed by atoms with E-state index in [9.17, 15) is 0 Å². The van der Waals surface area contributed by atoms with Gasteiger partial charge in [-0.2, -0.15) is 5.26 Å². The topological polar surface area (TPSA) is 55.7 Å². The lowest BCUT2D eigenvalue weighted by molar-refractivity contribution is 1.17. The molecule has 0 amide bonds. The van der Waals surface area contributed by atoms with E-state index in [1.165, 1.54) is 4.90 Å². The normalized spacial score (nSPS) is 10.1. The van der Waals surface area contributed by atoms with Gasteiger partial charge < -0.3 is 4.98 Å². The predicted octanol–water partition coefficient (Wildman–Crippen LogP) is 1.79. The summed E-state index contributed by atoms with van der Waals surface area (Å²) in [4.78, 5) is 8.92. The Kier molecular flexibility index (Phi) is 1.86. The number of hydrogen-bond acceptors (Lipinski definition) is 3. The second-order valence-corrected chi connectivity index (χ2v) is 3.18. The van der Waals surface area contributed by atoms with Crippen molar-refractivity contribution in [3.8, 4) is 6.19 Å². The number of aromatic nitrogens is 2. The van der Waals surface area contributed by atoms with E-state index >= 15 is 0 Å². The molecule has 1 N–H and O–H groups in total. The van der Waals surface area contributed by atoms with Crippen molar-refractivity contribution in [2.24, 2.45) is 0 Å². The summed E-state index contributed by atoms with van der Waals surface area (Å²) >= 11 is 0.